The average Bonchev–Trinajstić information content (AvgIpc) is 3.02. The van der Waals surface area contributed by atoms with E-state index in [1.54, 1.807) is 0 Å². The number of aryl methyl sites for hydroxylation is 1. The molecule has 4 nitrogen and oxygen atoms in total. The topological polar surface area (TPSA) is 34.5 Å². The first-order valence-corrected chi connectivity index (χ1v) is 10.1. The van der Waals surface area contributed by atoms with E-state index in [-0.39, 0.29) is 12.1 Å². The molecule has 1 unspecified atom stereocenters. The van der Waals surface area contributed by atoms with E-state index in [2.05, 4.69) is 47.8 Å². The van der Waals surface area contributed by atoms with Crippen molar-refractivity contribution in [2.24, 2.45) is 0 Å². The molecule has 0 fully saturated rings. The zero-order chi connectivity index (χ0) is 19.5. The Morgan fingerprint density at radius 1 is 1.11 bits per heavy atom. The van der Waals surface area contributed by atoms with Crippen LogP contribution in [0.4, 0.5) is 0 Å². The van der Waals surface area contributed by atoms with Crippen molar-refractivity contribution in [2.75, 3.05) is 20.6 Å². The van der Waals surface area contributed by atoms with Crippen LogP contribution in [0.15, 0.2) is 54.6 Å². The Labute approximate surface area is 166 Å². The fraction of sp³-hybridized carbons (Fsp3) is 0.375. The predicted octanol–water partition coefficient (Wildman–Crippen LogP) is 4.31. The molecule has 28 heavy (non-hydrogen) atoms. The third-order valence-corrected chi connectivity index (χ3v) is 5.60. The summed E-state index contributed by atoms with van der Waals surface area (Å²) >= 11 is 0. The molecule has 0 spiro atoms. The van der Waals surface area contributed by atoms with Gasteiger partial charge < -0.3 is 14.2 Å². The van der Waals surface area contributed by atoms with Crippen molar-refractivity contribution < 1.29 is 9.53 Å². The van der Waals surface area contributed by atoms with Crippen LogP contribution < -0.4 is 0 Å². The van der Waals surface area contributed by atoms with Crippen LogP contribution in [-0.4, -0.2) is 42.2 Å². The number of ether oxygens (including phenoxy) is 1. The predicted molar refractivity (Wildman–Crippen MR) is 113 cm³/mol. The van der Waals surface area contributed by atoms with Gasteiger partial charge in [-0.05, 0) is 63.7 Å². The van der Waals surface area contributed by atoms with Crippen molar-refractivity contribution in [3.63, 3.8) is 0 Å². The van der Waals surface area contributed by atoms with Crippen LogP contribution >= 0.6 is 0 Å². The van der Waals surface area contributed by atoms with Gasteiger partial charge in [0.2, 0.25) is 0 Å². The molecule has 0 radical (unpaired) electrons. The first kappa shape index (κ1) is 18.8. The summed E-state index contributed by atoms with van der Waals surface area (Å²) in [5, 5.41) is 1.31. The van der Waals surface area contributed by atoms with Crippen molar-refractivity contribution in [1.82, 2.24) is 9.47 Å². The molecule has 2 aromatic carbocycles. The summed E-state index contributed by atoms with van der Waals surface area (Å²) in [7, 11) is 4.24. The second kappa shape index (κ2) is 8.19. The zero-order valence-corrected chi connectivity index (χ0v) is 16.7. The molecule has 0 amide bonds. The smallest absolute Gasteiger partial charge is 0.338 e. The molecule has 4 rings (SSSR count). The Bertz CT molecular complexity index is 959. The molecule has 4 heteroatoms. The maximum Gasteiger partial charge on any atom is 0.338 e. The number of hydrogen-bond acceptors (Lipinski definition) is 3. The molecule has 1 heterocycles. The van der Waals surface area contributed by atoms with Crippen LogP contribution in [0.5, 0.6) is 0 Å². The van der Waals surface area contributed by atoms with Crippen LogP contribution in [-0.2, 0) is 24.1 Å². The van der Waals surface area contributed by atoms with Gasteiger partial charge in [0.05, 0.1) is 5.56 Å². The summed E-state index contributed by atoms with van der Waals surface area (Å²) in [6.45, 7) is 2.11. The maximum absolute atomic E-state index is 12.5. The van der Waals surface area contributed by atoms with Gasteiger partial charge in [-0.2, -0.15) is 0 Å². The second-order valence-electron chi connectivity index (χ2n) is 7.89. The summed E-state index contributed by atoms with van der Waals surface area (Å²) in [6, 6.07) is 17.9. The normalized spacial score (nSPS) is 16.3. The number of fused-ring (bicyclic) bond motifs is 3. The highest BCUT2D eigenvalue weighted by atomic mass is 16.5. The summed E-state index contributed by atoms with van der Waals surface area (Å²) in [4.78, 5) is 14.7. The minimum absolute atomic E-state index is 0.0544. The van der Waals surface area contributed by atoms with Gasteiger partial charge in [-0.25, -0.2) is 4.79 Å². The van der Waals surface area contributed by atoms with Gasteiger partial charge in [0.1, 0.15) is 6.10 Å². The molecule has 146 valence electrons. The lowest BCUT2D eigenvalue weighted by molar-refractivity contribution is 0.0270. The average molecular weight is 377 g/mol. The fourth-order valence-electron chi connectivity index (χ4n) is 4.26. The number of nitrogens with zero attached hydrogens (tertiary/aromatic N) is 2. The SMILES string of the molecule is CN(C)CCCn1c2c(c3ccccc31)CC(OC(=O)c1ccccc1)CC2. The fourth-order valence-corrected chi connectivity index (χ4v) is 4.26. The number of para-hydroxylation sites is 1. The van der Waals surface area contributed by atoms with Gasteiger partial charge in [-0.15, -0.1) is 0 Å². The molecule has 3 aromatic rings. The molecule has 1 atom stereocenters. The molecule has 1 aliphatic carbocycles. The molecular formula is C24H28N2O2. The van der Waals surface area contributed by atoms with E-state index in [1.165, 1.54) is 22.2 Å². The Morgan fingerprint density at radius 3 is 2.64 bits per heavy atom. The van der Waals surface area contributed by atoms with Crippen molar-refractivity contribution in [3.05, 3.63) is 71.4 Å². The Hall–Kier alpha value is -2.59. The molecule has 0 N–H and O–H groups in total. The van der Waals surface area contributed by atoms with E-state index in [1.807, 2.05) is 30.3 Å². The van der Waals surface area contributed by atoms with E-state index in [0.29, 0.717) is 5.56 Å². The maximum atomic E-state index is 12.5. The number of carbonyl (C=O) groups excluding carboxylic acids is 1. The van der Waals surface area contributed by atoms with Gasteiger partial charge in [0, 0.05) is 29.6 Å². The molecule has 1 aromatic heterocycles. The molecular weight excluding hydrogens is 348 g/mol. The van der Waals surface area contributed by atoms with Crippen LogP contribution in [0, 0.1) is 0 Å². The van der Waals surface area contributed by atoms with E-state index in [9.17, 15) is 4.79 Å². The van der Waals surface area contributed by atoms with E-state index >= 15 is 0 Å². The van der Waals surface area contributed by atoms with E-state index in [4.69, 9.17) is 4.74 Å². The standard InChI is InChI=1S/C24H28N2O2/c1-25(2)15-8-16-26-22-12-7-6-11-20(22)21-17-19(13-14-23(21)26)28-24(27)18-9-4-3-5-10-18/h3-7,9-12,19H,8,13-17H2,1-2H3. The number of carbonyl (C=O) groups is 1. The lowest BCUT2D eigenvalue weighted by Gasteiger charge is -2.24. The van der Waals surface area contributed by atoms with Gasteiger partial charge in [-0.1, -0.05) is 36.4 Å². The first-order valence-electron chi connectivity index (χ1n) is 10.1. The lowest BCUT2D eigenvalue weighted by atomic mass is 9.93. The minimum atomic E-state index is -0.219. The molecule has 0 saturated carbocycles. The van der Waals surface area contributed by atoms with E-state index < -0.39 is 0 Å². The van der Waals surface area contributed by atoms with Crippen molar-refractivity contribution >= 4 is 16.9 Å². The lowest BCUT2D eigenvalue weighted by Crippen LogP contribution is -2.26. The second-order valence-corrected chi connectivity index (χ2v) is 7.89. The summed E-state index contributed by atoms with van der Waals surface area (Å²) in [5.74, 6) is -0.219. The van der Waals surface area contributed by atoms with Crippen molar-refractivity contribution in [3.8, 4) is 0 Å². The summed E-state index contributed by atoms with van der Waals surface area (Å²) in [5.41, 5.74) is 4.71. The van der Waals surface area contributed by atoms with Gasteiger partial charge in [0.15, 0.2) is 0 Å². The monoisotopic (exact) mass is 376 g/mol. The van der Waals surface area contributed by atoms with Crippen LogP contribution in [0.2, 0.25) is 0 Å². The molecule has 0 aliphatic heterocycles. The van der Waals surface area contributed by atoms with Crippen LogP contribution in [0.3, 0.4) is 0 Å². The quantitative estimate of drug-likeness (QED) is 0.601. The van der Waals surface area contributed by atoms with Crippen molar-refractivity contribution in [2.45, 2.75) is 38.3 Å². The highest BCUT2D eigenvalue weighted by Crippen LogP contribution is 2.33. The van der Waals surface area contributed by atoms with Gasteiger partial charge in [0.25, 0.3) is 0 Å². The minimum Gasteiger partial charge on any atom is -0.458 e. The number of esters is 1. The molecule has 0 bridgehead atoms. The highest BCUT2D eigenvalue weighted by molar-refractivity contribution is 5.89. The van der Waals surface area contributed by atoms with Gasteiger partial charge in [-0.3, -0.25) is 0 Å². The Balaban J connectivity index is 1.56. The molecule has 0 saturated heterocycles. The van der Waals surface area contributed by atoms with Crippen molar-refractivity contribution in [1.29, 1.82) is 0 Å². The third-order valence-electron chi connectivity index (χ3n) is 5.60. The third kappa shape index (κ3) is 3.83. The van der Waals surface area contributed by atoms with Crippen LogP contribution in [0.1, 0.15) is 34.5 Å². The largest absolute Gasteiger partial charge is 0.458 e. The Morgan fingerprint density at radius 2 is 1.86 bits per heavy atom. The number of benzene rings is 2. The van der Waals surface area contributed by atoms with E-state index in [0.717, 1.165) is 38.8 Å². The zero-order valence-electron chi connectivity index (χ0n) is 16.7. The molecule has 1 aliphatic rings. The van der Waals surface area contributed by atoms with Gasteiger partial charge >= 0.3 is 5.97 Å². The number of aromatic nitrogens is 1. The summed E-state index contributed by atoms with van der Waals surface area (Å²) in [6.07, 6.45) is 3.72. The Kier molecular flexibility index (Phi) is 5.49. The highest BCUT2D eigenvalue weighted by Gasteiger charge is 2.27. The first-order chi connectivity index (χ1) is 13.6. The van der Waals surface area contributed by atoms with Crippen LogP contribution in [0.25, 0.3) is 10.9 Å². The number of hydrogen-bond donors (Lipinski definition) is 0. The number of rotatable bonds is 6. The summed E-state index contributed by atoms with van der Waals surface area (Å²) < 4.78 is 8.34.